The van der Waals surface area contributed by atoms with Crippen molar-refractivity contribution >= 4 is 54.3 Å². The fraction of sp³-hybridized carbons (Fsp3) is 0. The Morgan fingerprint density at radius 1 is 0.279 bits per heavy atom. The van der Waals surface area contributed by atoms with E-state index in [1.807, 2.05) is 0 Å². The van der Waals surface area contributed by atoms with Crippen LogP contribution < -0.4 is 0 Å². The van der Waals surface area contributed by atoms with Crippen LogP contribution in [-0.2, 0) is 0 Å². The molecule has 0 bridgehead atoms. The lowest BCUT2D eigenvalue weighted by atomic mass is 9.95. The van der Waals surface area contributed by atoms with E-state index < -0.39 is 0 Å². The molecule has 1 aromatic heterocycles. The maximum Gasteiger partial charge on any atom is 0.143 e. The van der Waals surface area contributed by atoms with Gasteiger partial charge >= 0.3 is 0 Å². The fourth-order valence-corrected chi connectivity index (χ4v) is 6.57. The highest BCUT2D eigenvalue weighted by atomic mass is 16.3. The molecule has 1 nitrogen and oxygen atoms in total. The predicted molar refractivity (Wildman–Crippen MR) is 183 cm³/mol. The van der Waals surface area contributed by atoms with E-state index in [1.165, 1.54) is 49.2 Å². The molecule has 0 aliphatic rings. The Labute approximate surface area is 249 Å². The van der Waals surface area contributed by atoms with Gasteiger partial charge in [-0.1, -0.05) is 133 Å². The zero-order chi connectivity index (χ0) is 28.3. The van der Waals surface area contributed by atoms with Crippen molar-refractivity contribution in [1.82, 2.24) is 0 Å². The van der Waals surface area contributed by atoms with Crippen LogP contribution in [0.15, 0.2) is 162 Å². The van der Waals surface area contributed by atoms with Gasteiger partial charge in [-0.05, 0) is 79.0 Å². The SMILES string of the molecule is c1ccc2cc(-c3ccc4cc(-c5ccc(-c6cccc7c6oc6c8ccccc8ccc76)cc5)ccc4c3)ccc2c1. The van der Waals surface area contributed by atoms with Crippen LogP contribution in [0.25, 0.3) is 87.6 Å². The topological polar surface area (TPSA) is 13.1 Å². The molecule has 200 valence electrons. The summed E-state index contributed by atoms with van der Waals surface area (Å²) in [4.78, 5) is 0. The third-order valence-electron chi connectivity index (χ3n) is 8.84. The molecule has 0 aliphatic carbocycles. The average molecular weight is 547 g/mol. The Kier molecular flexibility index (Phi) is 5.27. The molecule has 0 fully saturated rings. The van der Waals surface area contributed by atoms with E-state index in [4.69, 9.17) is 4.42 Å². The Hall–Kier alpha value is -5.66. The van der Waals surface area contributed by atoms with Crippen molar-refractivity contribution in [2.75, 3.05) is 0 Å². The van der Waals surface area contributed by atoms with Crippen LogP contribution in [0.5, 0.6) is 0 Å². The average Bonchev–Trinajstić information content (AvgIpc) is 3.47. The first-order valence-electron chi connectivity index (χ1n) is 14.8. The number of rotatable bonds is 3. The summed E-state index contributed by atoms with van der Waals surface area (Å²) in [5, 5.41) is 9.68. The van der Waals surface area contributed by atoms with Crippen molar-refractivity contribution in [3.63, 3.8) is 0 Å². The standard InChI is InChI=1S/C42H26O/c1-2-8-31-24-33(17-14-27(31)6-1)36-21-20-34-25-32(18-19-35(34)26-36)28-12-15-30(16-13-28)38-10-5-11-39-40-23-22-29-7-3-4-9-37(29)42(40)43-41(38)39/h1-26H. The number of hydrogen-bond donors (Lipinski definition) is 0. The number of para-hydroxylation sites is 1. The van der Waals surface area contributed by atoms with Crippen molar-refractivity contribution in [2.45, 2.75) is 0 Å². The second-order valence-electron chi connectivity index (χ2n) is 11.4. The lowest BCUT2D eigenvalue weighted by Gasteiger charge is -2.09. The van der Waals surface area contributed by atoms with Crippen LogP contribution in [0.2, 0.25) is 0 Å². The highest BCUT2D eigenvalue weighted by Crippen LogP contribution is 2.39. The fourth-order valence-electron chi connectivity index (χ4n) is 6.57. The summed E-state index contributed by atoms with van der Waals surface area (Å²) in [7, 11) is 0. The lowest BCUT2D eigenvalue weighted by molar-refractivity contribution is 0.674. The first-order chi connectivity index (χ1) is 21.3. The second kappa shape index (κ2) is 9.44. The van der Waals surface area contributed by atoms with E-state index >= 15 is 0 Å². The summed E-state index contributed by atoms with van der Waals surface area (Å²) in [6.07, 6.45) is 0. The Balaban J connectivity index is 1.06. The van der Waals surface area contributed by atoms with E-state index in [9.17, 15) is 0 Å². The van der Waals surface area contributed by atoms with Gasteiger partial charge < -0.3 is 4.42 Å². The first-order valence-corrected chi connectivity index (χ1v) is 14.8. The van der Waals surface area contributed by atoms with Gasteiger partial charge in [-0.15, -0.1) is 0 Å². The predicted octanol–water partition coefficient (Wildman–Crippen LogP) is 12.0. The van der Waals surface area contributed by atoms with Gasteiger partial charge in [0.2, 0.25) is 0 Å². The molecular weight excluding hydrogens is 520 g/mol. The van der Waals surface area contributed by atoms with Crippen LogP contribution in [-0.4, -0.2) is 0 Å². The van der Waals surface area contributed by atoms with Crippen molar-refractivity contribution in [2.24, 2.45) is 0 Å². The van der Waals surface area contributed by atoms with Crippen LogP contribution in [0.3, 0.4) is 0 Å². The third kappa shape index (κ3) is 3.94. The van der Waals surface area contributed by atoms with Gasteiger partial charge in [0, 0.05) is 21.7 Å². The van der Waals surface area contributed by atoms with Crippen LogP contribution in [0.4, 0.5) is 0 Å². The van der Waals surface area contributed by atoms with E-state index in [0.717, 1.165) is 38.5 Å². The highest BCUT2D eigenvalue weighted by Gasteiger charge is 2.14. The van der Waals surface area contributed by atoms with Crippen LogP contribution in [0.1, 0.15) is 0 Å². The zero-order valence-electron chi connectivity index (χ0n) is 23.4. The van der Waals surface area contributed by atoms with E-state index in [-0.39, 0.29) is 0 Å². The number of furan rings is 1. The molecule has 9 aromatic rings. The van der Waals surface area contributed by atoms with Gasteiger partial charge in [-0.3, -0.25) is 0 Å². The summed E-state index contributed by atoms with van der Waals surface area (Å²) in [6.45, 7) is 0. The second-order valence-corrected chi connectivity index (χ2v) is 11.4. The zero-order valence-corrected chi connectivity index (χ0v) is 23.4. The Morgan fingerprint density at radius 3 is 1.51 bits per heavy atom. The first kappa shape index (κ1) is 24.0. The minimum atomic E-state index is 0.939. The lowest BCUT2D eigenvalue weighted by Crippen LogP contribution is -1.83. The molecule has 0 radical (unpaired) electrons. The molecule has 0 atom stereocenters. The molecule has 1 heterocycles. The van der Waals surface area contributed by atoms with Crippen LogP contribution in [0, 0.1) is 0 Å². The molecule has 0 amide bonds. The summed E-state index contributed by atoms with van der Waals surface area (Å²) in [5.74, 6) is 0. The highest BCUT2D eigenvalue weighted by molar-refractivity contribution is 6.17. The van der Waals surface area contributed by atoms with Gasteiger partial charge in [-0.25, -0.2) is 0 Å². The maximum absolute atomic E-state index is 6.58. The minimum Gasteiger partial charge on any atom is -0.455 e. The molecule has 0 spiro atoms. The van der Waals surface area contributed by atoms with Gasteiger partial charge in [0.15, 0.2) is 0 Å². The molecule has 0 N–H and O–H groups in total. The summed E-state index contributed by atoms with van der Waals surface area (Å²) < 4.78 is 6.58. The number of fused-ring (bicyclic) bond motifs is 7. The van der Waals surface area contributed by atoms with E-state index in [0.29, 0.717) is 0 Å². The molecule has 0 saturated carbocycles. The van der Waals surface area contributed by atoms with Crippen LogP contribution >= 0.6 is 0 Å². The minimum absolute atomic E-state index is 0.939. The van der Waals surface area contributed by atoms with Crippen molar-refractivity contribution < 1.29 is 4.42 Å². The molecule has 43 heavy (non-hydrogen) atoms. The molecular formula is C42H26O. The molecule has 0 saturated heterocycles. The Morgan fingerprint density at radius 2 is 0.767 bits per heavy atom. The summed E-state index contributed by atoms with van der Waals surface area (Å²) in [6, 6.07) is 56.9. The van der Waals surface area contributed by atoms with Crippen molar-refractivity contribution in [1.29, 1.82) is 0 Å². The van der Waals surface area contributed by atoms with Gasteiger partial charge in [0.05, 0.1) is 0 Å². The normalized spacial score (nSPS) is 11.7. The smallest absolute Gasteiger partial charge is 0.143 e. The number of benzene rings is 8. The molecule has 9 rings (SSSR count). The Bertz CT molecular complexity index is 2500. The van der Waals surface area contributed by atoms with Gasteiger partial charge in [0.25, 0.3) is 0 Å². The maximum atomic E-state index is 6.58. The largest absolute Gasteiger partial charge is 0.455 e. The van der Waals surface area contributed by atoms with Crippen molar-refractivity contribution in [3.05, 3.63) is 158 Å². The molecule has 1 heteroatoms. The summed E-state index contributed by atoms with van der Waals surface area (Å²) >= 11 is 0. The quantitative estimate of drug-likeness (QED) is 0.215. The molecule has 8 aromatic carbocycles. The van der Waals surface area contributed by atoms with Crippen molar-refractivity contribution in [3.8, 4) is 33.4 Å². The third-order valence-corrected chi connectivity index (χ3v) is 8.84. The van der Waals surface area contributed by atoms with Gasteiger partial charge in [0.1, 0.15) is 11.2 Å². The monoisotopic (exact) mass is 546 g/mol. The van der Waals surface area contributed by atoms with E-state index in [2.05, 4.69) is 158 Å². The number of hydrogen-bond acceptors (Lipinski definition) is 1. The molecule has 0 unspecified atom stereocenters. The van der Waals surface area contributed by atoms with E-state index in [1.54, 1.807) is 0 Å². The summed E-state index contributed by atoms with van der Waals surface area (Å²) in [5.41, 5.74) is 9.06. The molecule has 0 aliphatic heterocycles. The van der Waals surface area contributed by atoms with Gasteiger partial charge in [-0.2, -0.15) is 0 Å².